The Balaban J connectivity index is 0. The van der Waals surface area contributed by atoms with Crippen LogP contribution in [0.4, 0.5) is 0 Å². The van der Waals surface area contributed by atoms with Crippen LogP contribution in [0.1, 0.15) is 0 Å². The lowest BCUT2D eigenvalue weighted by molar-refractivity contribution is 0.679. The van der Waals surface area contributed by atoms with E-state index >= 15 is 0 Å². The molecule has 0 bridgehead atoms. The maximum atomic E-state index is 2.00. The molecule has 0 aliphatic heterocycles. The zero-order valence-corrected chi connectivity index (χ0v) is 4.67. The molecule has 0 heterocycles. The molecule has 0 fully saturated rings. The SMILES string of the molecule is BN(C)C.Cl. The second kappa shape index (κ2) is 4.31. The Bertz CT molecular complexity index is 14.4. The highest BCUT2D eigenvalue weighted by atomic mass is 35.5. The summed E-state index contributed by atoms with van der Waals surface area (Å²) in [6.07, 6.45) is 0. The molecular weight excluding hydrogens is 84.3 g/mol. The summed E-state index contributed by atoms with van der Waals surface area (Å²) in [4.78, 5) is 2.00. The molecule has 0 N–H and O–H groups in total. The van der Waals surface area contributed by atoms with Crippen LogP contribution < -0.4 is 0 Å². The lowest BCUT2D eigenvalue weighted by Crippen LogP contribution is -2.02. The van der Waals surface area contributed by atoms with Crippen LogP contribution in [-0.4, -0.2) is 26.9 Å². The van der Waals surface area contributed by atoms with Gasteiger partial charge in [-0.1, -0.05) is 0 Å². The van der Waals surface area contributed by atoms with Gasteiger partial charge in [0.05, 0.1) is 0 Å². The monoisotopic (exact) mass is 93.1 g/mol. The van der Waals surface area contributed by atoms with Crippen molar-refractivity contribution in [1.82, 2.24) is 4.81 Å². The van der Waals surface area contributed by atoms with Gasteiger partial charge in [0.1, 0.15) is 0 Å². The highest BCUT2D eigenvalue weighted by Gasteiger charge is 1.59. The Morgan fingerprint density at radius 3 is 1.40 bits per heavy atom. The molecular formula is C2H9BClN. The van der Waals surface area contributed by atoms with Crippen LogP contribution in [0, 0.1) is 0 Å². The van der Waals surface area contributed by atoms with Crippen molar-refractivity contribution >= 4 is 20.4 Å². The van der Waals surface area contributed by atoms with Crippen LogP contribution >= 0.6 is 12.4 Å². The van der Waals surface area contributed by atoms with E-state index in [0.29, 0.717) is 0 Å². The summed E-state index contributed by atoms with van der Waals surface area (Å²) in [5.41, 5.74) is 0. The fourth-order valence-electron chi connectivity index (χ4n) is 0. The van der Waals surface area contributed by atoms with Crippen molar-refractivity contribution in [3.05, 3.63) is 0 Å². The second-order valence-corrected chi connectivity index (χ2v) is 1.34. The minimum absolute atomic E-state index is 0. The summed E-state index contributed by atoms with van der Waals surface area (Å²) in [6, 6.07) is 0. The van der Waals surface area contributed by atoms with E-state index in [9.17, 15) is 0 Å². The minimum Gasteiger partial charge on any atom is -0.354 e. The lowest BCUT2D eigenvalue weighted by Gasteiger charge is -1.90. The standard InChI is InChI=1S/C2H8BN.ClH/c1-4(2)3;/h3H2,1-2H3;1H. The molecule has 0 atom stereocenters. The molecule has 0 aliphatic rings. The van der Waals surface area contributed by atoms with E-state index in [4.69, 9.17) is 0 Å². The fourth-order valence-corrected chi connectivity index (χ4v) is 0. The van der Waals surface area contributed by atoms with Crippen LogP contribution in [0.25, 0.3) is 0 Å². The molecule has 0 aromatic heterocycles. The molecule has 0 rings (SSSR count). The van der Waals surface area contributed by atoms with Gasteiger partial charge < -0.3 is 4.81 Å². The first-order valence-corrected chi connectivity index (χ1v) is 1.34. The van der Waals surface area contributed by atoms with E-state index in [1.165, 1.54) is 0 Å². The van der Waals surface area contributed by atoms with Crippen LogP contribution in [0.15, 0.2) is 0 Å². The first-order valence-electron chi connectivity index (χ1n) is 1.34. The van der Waals surface area contributed by atoms with E-state index < -0.39 is 0 Å². The molecule has 0 saturated heterocycles. The van der Waals surface area contributed by atoms with Gasteiger partial charge in [-0.05, 0) is 14.1 Å². The molecule has 0 spiro atoms. The van der Waals surface area contributed by atoms with Crippen LogP contribution in [0.2, 0.25) is 0 Å². The Kier molecular flexibility index (Phi) is 7.77. The molecule has 0 radical (unpaired) electrons. The molecule has 0 unspecified atom stereocenters. The van der Waals surface area contributed by atoms with E-state index in [1.54, 1.807) is 0 Å². The molecule has 0 aliphatic carbocycles. The van der Waals surface area contributed by atoms with Crippen LogP contribution in [0.3, 0.4) is 0 Å². The average Bonchev–Trinajstić information content (AvgIpc) is 0.811. The van der Waals surface area contributed by atoms with E-state index in [-0.39, 0.29) is 12.4 Å². The van der Waals surface area contributed by atoms with Gasteiger partial charge in [-0.25, -0.2) is 0 Å². The normalized spacial score (nSPS) is 7.00. The van der Waals surface area contributed by atoms with Crippen LogP contribution in [-0.2, 0) is 0 Å². The lowest BCUT2D eigenvalue weighted by atomic mass is 10.4. The average molecular weight is 93.4 g/mol. The topological polar surface area (TPSA) is 3.24 Å². The van der Waals surface area contributed by atoms with Crippen molar-refractivity contribution in [2.75, 3.05) is 14.1 Å². The molecule has 1 nitrogen and oxygen atoms in total. The maximum Gasteiger partial charge on any atom is 0.184 e. The molecule has 5 heavy (non-hydrogen) atoms. The number of halogens is 1. The van der Waals surface area contributed by atoms with Gasteiger partial charge in [-0.15, -0.1) is 12.4 Å². The highest BCUT2D eigenvalue weighted by molar-refractivity contribution is 6.03. The Morgan fingerprint density at radius 2 is 1.40 bits per heavy atom. The maximum absolute atomic E-state index is 2.00. The molecule has 3 heteroatoms. The molecule has 0 aromatic carbocycles. The first-order chi connectivity index (χ1) is 1.73. The van der Waals surface area contributed by atoms with Crippen molar-refractivity contribution < 1.29 is 0 Å². The smallest absolute Gasteiger partial charge is 0.184 e. The van der Waals surface area contributed by atoms with Gasteiger partial charge in [-0.3, -0.25) is 0 Å². The number of hydrogen-bond acceptors (Lipinski definition) is 1. The zero-order valence-electron chi connectivity index (χ0n) is 3.86. The third kappa shape index (κ3) is 233. The number of hydrogen-bond donors (Lipinski definition) is 0. The minimum atomic E-state index is 0. The largest absolute Gasteiger partial charge is 0.354 e. The Labute approximate surface area is 40.2 Å². The van der Waals surface area contributed by atoms with Crippen molar-refractivity contribution in [1.29, 1.82) is 0 Å². The van der Waals surface area contributed by atoms with Gasteiger partial charge in [0, 0.05) is 0 Å². The predicted molar refractivity (Wildman–Crippen MR) is 29.5 cm³/mol. The second-order valence-electron chi connectivity index (χ2n) is 1.34. The van der Waals surface area contributed by atoms with Gasteiger partial charge >= 0.3 is 0 Å². The van der Waals surface area contributed by atoms with Gasteiger partial charge in [0.2, 0.25) is 0 Å². The Hall–Kier alpha value is 0.315. The third-order valence-corrected chi connectivity index (χ3v) is 0. The van der Waals surface area contributed by atoms with Gasteiger partial charge in [-0.2, -0.15) is 0 Å². The molecule has 0 saturated carbocycles. The van der Waals surface area contributed by atoms with Crippen LogP contribution in [0.5, 0.6) is 0 Å². The highest BCUT2D eigenvalue weighted by Crippen LogP contribution is 1.44. The summed E-state index contributed by atoms with van der Waals surface area (Å²) in [7, 11) is 6.00. The van der Waals surface area contributed by atoms with E-state index in [1.807, 2.05) is 26.9 Å². The van der Waals surface area contributed by atoms with Crippen molar-refractivity contribution in [3.8, 4) is 0 Å². The molecule has 0 amide bonds. The summed E-state index contributed by atoms with van der Waals surface area (Å²) in [6.45, 7) is 0. The summed E-state index contributed by atoms with van der Waals surface area (Å²) in [5.74, 6) is 0. The third-order valence-electron chi connectivity index (χ3n) is 0. The number of nitrogens with zero attached hydrogens (tertiary/aromatic N) is 1. The first kappa shape index (κ1) is 9.01. The summed E-state index contributed by atoms with van der Waals surface area (Å²) < 4.78 is 0. The van der Waals surface area contributed by atoms with E-state index in [0.717, 1.165) is 0 Å². The molecule has 32 valence electrons. The number of rotatable bonds is 0. The fraction of sp³-hybridized carbons (Fsp3) is 1.00. The molecule has 0 aromatic rings. The quantitative estimate of drug-likeness (QED) is 0.366. The summed E-state index contributed by atoms with van der Waals surface area (Å²) >= 11 is 0. The Morgan fingerprint density at radius 1 is 1.40 bits per heavy atom. The summed E-state index contributed by atoms with van der Waals surface area (Å²) in [5, 5.41) is 0. The zero-order chi connectivity index (χ0) is 3.58. The van der Waals surface area contributed by atoms with E-state index in [2.05, 4.69) is 0 Å². The van der Waals surface area contributed by atoms with Crippen molar-refractivity contribution in [3.63, 3.8) is 0 Å². The predicted octanol–water partition coefficient (Wildman–Crippen LogP) is -0.482. The van der Waals surface area contributed by atoms with Crippen molar-refractivity contribution in [2.24, 2.45) is 0 Å². The van der Waals surface area contributed by atoms with Gasteiger partial charge in [0.15, 0.2) is 7.98 Å². The van der Waals surface area contributed by atoms with Crippen molar-refractivity contribution in [2.45, 2.75) is 0 Å². The van der Waals surface area contributed by atoms with Gasteiger partial charge in [0.25, 0.3) is 0 Å².